The summed E-state index contributed by atoms with van der Waals surface area (Å²) in [5.41, 5.74) is -0.0891. The largest absolute Gasteiger partial charge is 0.381 e. The van der Waals surface area contributed by atoms with Crippen LogP contribution in [0.5, 0.6) is 0 Å². The smallest absolute Gasteiger partial charge is 0.104 e. The lowest BCUT2D eigenvalue weighted by Crippen LogP contribution is -2.38. The van der Waals surface area contributed by atoms with E-state index < -0.39 is 0 Å². The van der Waals surface area contributed by atoms with Gasteiger partial charge in [-0.15, -0.1) is 0 Å². The summed E-state index contributed by atoms with van der Waals surface area (Å²) < 4.78 is 33.1. The Hall–Kier alpha value is -0.240. The Morgan fingerprint density at radius 2 is 1.32 bits per heavy atom. The number of rotatable bonds is 14. The van der Waals surface area contributed by atoms with Gasteiger partial charge in [-0.05, 0) is 12.8 Å². The number of epoxide rings is 3. The molecule has 6 nitrogen and oxygen atoms in total. The fourth-order valence-corrected chi connectivity index (χ4v) is 2.31. The van der Waals surface area contributed by atoms with E-state index >= 15 is 0 Å². The highest BCUT2D eigenvalue weighted by Crippen LogP contribution is 2.26. The SMILES string of the molecule is CCC(COCCC1CO1)(COCC1CO1)COCC1CO1. The first-order chi connectivity index (χ1) is 10.8. The van der Waals surface area contributed by atoms with E-state index in [0.29, 0.717) is 51.3 Å². The molecule has 3 rings (SSSR count). The van der Waals surface area contributed by atoms with Gasteiger partial charge in [0.1, 0.15) is 12.2 Å². The summed E-state index contributed by atoms with van der Waals surface area (Å²) in [6.45, 7) is 8.74. The van der Waals surface area contributed by atoms with Crippen molar-refractivity contribution >= 4 is 0 Å². The van der Waals surface area contributed by atoms with Crippen LogP contribution in [0, 0.1) is 5.41 Å². The van der Waals surface area contributed by atoms with Gasteiger partial charge in [-0.25, -0.2) is 0 Å². The molecule has 0 aromatic rings. The van der Waals surface area contributed by atoms with E-state index in [9.17, 15) is 0 Å². The van der Waals surface area contributed by atoms with Gasteiger partial charge in [0.15, 0.2) is 0 Å². The molecule has 3 atom stereocenters. The van der Waals surface area contributed by atoms with E-state index in [1.807, 2.05) is 0 Å². The van der Waals surface area contributed by atoms with Crippen LogP contribution in [0.1, 0.15) is 19.8 Å². The van der Waals surface area contributed by atoms with Gasteiger partial charge in [-0.2, -0.15) is 0 Å². The maximum absolute atomic E-state index is 5.88. The van der Waals surface area contributed by atoms with Crippen LogP contribution in [0.3, 0.4) is 0 Å². The van der Waals surface area contributed by atoms with Crippen molar-refractivity contribution in [3.63, 3.8) is 0 Å². The maximum Gasteiger partial charge on any atom is 0.104 e. The number of ether oxygens (including phenoxy) is 6. The Morgan fingerprint density at radius 1 is 0.818 bits per heavy atom. The highest BCUT2D eigenvalue weighted by Gasteiger charge is 2.33. The summed E-state index contributed by atoms with van der Waals surface area (Å²) in [7, 11) is 0. The van der Waals surface area contributed by atoms with E-state index in [1.54, 1.807) is 0 Å². The predicted octanol–water partition coefficient (Wildman–Crippen LogP) is 1.02. The van der Waals surface area contributed by atoms with Crippen LogP contribution >= 0.6 is 0 Å². The quantitative estimate of drug-likeness (QED) is 0.352. The van der Waals surface area contributed by atoms with Crippen LogP contribution < -0.4 is 0 Å². The molecule has 3 aliphatic heterocycles. The van der Waals surface area contributed by atoms with Crippen molar-refractivity contribution in [3.05, 3.63) is 0 Å². The number of hydrogen-bond donors (Lipinski definition) is 0. The van der Waals surface area contributed by atoms with Gasteiger partial charge in [-0.3, -0.25) is 0 Å². The maximum atomic E-state index is 5.88. The molecule has 128 valence electrons. The molecule has 0 radical (unpaired) electrons. The minimum absolute atomic E-state index is 0.0891. The second-order valence-electron chi connectivity index (χ2n) is 6.59. The lowest BCUT2D eigenvalue weighted by atomic mass is 9.88. The zero-order chi connectivity index (χ0) is 15.3. The first-order valence-corrected chi connectivity index (χ1v) is 8.38. The molecule has 0 amide bonds. The van der Waals surface area contributed by atoms with E-state index in [2.05, 4.69) is 6.92 Å². The standard InChI is InChI=1S/C16H28O6/c1-2-16(11-18-5-14-8-21-14,12-19-6-15-9-22-15)10-17-4-3-13-7-20-13/h13-15H,2-12H2,1H3. The molecule has 0 spiro atoms. The van der Waals surface area contributed by atoms with Gasteiger partial charge < -0.3 is 28.4 Å². The molecule has 22 heavy (non-hydrogen) atoms. The van der Waals surface area contributed by atoms with Crippen LogP contribution in [0.15, 0.2) is 0 Å². The molecule has 0 saturated carbocycles. The molecular formula is C16H28O6. The summed E-state index contributed by atoms with van der Waals surface area (Å²) in [5.74, 6) is 0. The molecule has 3 saturated heterocycles. The minimum Gasteiger partial charge on any atom is -0.381 e. The summed E-state index contributed by atoms with van der Waals surface area (Å²) in [6.07, 6.45) is 2.95. The first kappa shape index (κ1) is 16.6. The van der Waals surface area contributed by atoms with Gasteiger partial charge in [0.25, 0.3) is 0 Å². The van der Waals surface area contributed by atoms with Gasteiger partial charge >= 0.3 is 0 Å². The third kappa shape index (κ3) is 6.10. The Balaban J connectivity index is 1.38. The van der Waals surface area contributed by atoms with Crippen molar-refractivity contribution in [1.82, 2.24) is 0 Å². The number of hydrogen-bond acceptors (Lipinski definition) is 6. The molecule has 3 unspecified atom stereocenters. The normalized spacial score (nSPS) is 31.8. The Kier molecular flexibility index (Phi) is 6.07. The van der Waals surface area contributed by atoms with Crippen molar-refractivity contribution in [2.24, 2.45) is 5.41 Å². The molecule has 3 fully saturated rings. The predicted molar refractivity (Wildman–Crippen MR) is 79.0 cm³/mol. The molecule has 0 bridgehead atoms. The second kappa shape index (κ2) is 8.04. The first-order valence-electron chi connectivity index (χ1n) is 8.38. The van der Waals surface area contributed by atoms with Crippen molar-refractivity contribution < 1.29 is 28.4 Å². The van der Waals surface area contributed by atoms with E-state index in [4.69, 9.17) is 28.4 Å². The Morgan fingerprint density at radius 3 is 1.77 bits per heavy atom. The zero-order valence-electron chi connectivity index (χ0n) is 13.5. The second-order valence-corrected chi connectivity index (χ2v) is 6.59. The van der Waals surface area contributed by atoms with Gasteiger partial charge in [0.05, 0.1) is 59.0 Å². The lowest BCUT2D eigenvalue weighted by Gasteiger charge is -2.32. The van der Waals surface area contributed by atoms with Gasteiger partial charge in [0.2, 0.25) is 0 Å². The van der Waals surface area contributed by atoms with E-state index in [0.717, 1.165) is 39.3 Å². The molecule has 0 aliphatic carbocycles. The fraction of sp³-hybridized carbons (Fsp3) is 1.00. The summed E-state index contributed by atoms with van der Waals surface area (Å²) in [4.78, 5) is 0. The molecule has 3 heterocycles. The lowest BCUT2D eigenvalue weighted by molar-refractivity contribution is -0.0753. The van der Waals surface area contributed by atoms with Crippen LogP contribution in [-0.4, -0.2) is 77.8 Å². The monoisotopic (exact) mass is 316 g/mol. The summed E-state index contributed by atoms with van der Waals surface area (Å²) >= 11 is 0. The van der Waals surface area contributed by atoms with Crippen LogP contribution in [0.4, 0.5) is 0 Å². The van der Waals surface area contributed by atoms with E-state index in [-0.39, 0.29) is 5.41 Å². The highest BCUT2D eigenvalue weighted by atomic mass is 16.6. The summed E-state index contributed by atoms with van der Waals surface area (Å²) in [6, 6.07) is 0. The third-order valence-electron chi connectivity index (χ3n) is 4.37. The van der Waals surface area contributed by atoms with Crippen molar-refractivity contribution in [3.8, 4) is 0 Å². The molecule has 3 aliphatic rings. The molecule has 0 N–H and O–H groups in total. The molecule has 0 aromatic heterocycles. The summed E-state index contributed by atoms with van der Waals surface area (Å²) in [5, 5.41) is 0. The average Bonchev–Trinajstić information content (AvgIpc) is 3.38. The Bertz CT molecular complexity index is 307. The van der Waals surface area contributed by atoms with Crippen LogP contribution in [0.2, 0.25) is 0 Å². The molecular weight excluding hydrogens is 288 g/mol. The van der Waals surface area contributed by atoms with Gasteiger partial charge in [0, 0.05) is 12.0 Å². The molecule has 6 heteroatoms. The zero-order valence-corrected chi connectivity index (χ0v) is 13.5. The van der Waals surface area contributed by atoms with Crippen molar-refractivity contribution in [2.75, 3.05) is 59.5 Å². The fourth-order valence-electron chi connectivity index (χ4n) is 2.31. The van der Waals surface area contributed by atoms with Gasteiger partial charge in [-0.1, -0.05) is 6.92 Å². The van der Waals surface area contributed by atoms with Crippen molar-refractivity contribution in [2.45, 2.75) is 38.1 Å². The topological polar surface area (TPSA) is 65.3 Å². The highest BCUT2D eigenvalue weighted by molar-refractivity contribution is 4.80. The Labute approximate surface area is 132 Å². The van der Waals surface area contributed by atoms with E-state index in [1.165, 1.54) is 0 Å². The average molecular weight is 316 g/mol. The van der Waals surface area contributed by atoms with Crippen LogP contribution in [-0.2, 0) is 28.4 Å². The minimum atomic E-state index is -0.0891. The van der Waals surface area contributed by atoms with Crippen molar-refractivity contribution in [1.29, 1.82) is 0 Å². The third-order valence-corrected chi connectivity index (χ3v) is 4.37. The molecule has 0 aromatic carbocycles. The van der Waals surface area contributed by atoms with Crippen LogP contribution in [0.25, 0.3) is 0 Å².